The van der Waals surface area contributed by atoms with Crippen LogP contribution in [0.4, 0.5) is 0 Å². The van der Waals surface area contributed by atoms with E-state index in [1.165, 1.54) is 6.07 Å². The fraction of sp³-hybridized carbons (Fsp3) is 0. The minimum atomic E-state index is -0.135. The molecule has 0 aliphatic rings. The first-order valence-corrected chi connectivity index (χ1v) is 11.3. The maximum absolute atomic E-state index is 10.7. The standard InChI is InChI=1S/C32H24O2/c33-29-22-12-21-28(32(29)34)26-19-10-11-20-27(26)31(25-17-8-3-9-18-25)30(23-13-4-1-5-14-23)24-15-6-2-7-16-24/h1-22,33-34H. The van der Waals surface area contributed by atoms with Gasteiger partial charge in [0.15, 0.2) is 11.5 Å². The molecule has 0 heterocycles. The lowest BCUT2D eigenvalue weighted by molar-refractivity contribution is 0.405. The molecule has 0 saturated carbocycles. The van der Waals surface area contributed by atoms with Crippen LogP contribution in [-0.4, -0.2) is 10.2 Å². The van der Waals surface area contributed by atoms with Gasteiger partial charge >= 0.3 is 0 Å². The van der Waals surface area contributed by atoms with E-state index in [2.05, 4.69) is 42.5 Å². The minimum Gasteiger partial charge on any atom is -0.504 e. The molecule has 34 heavy (non-hydrogen) atoms. The van der Waals surface area contributed by atoms with Gasteiger partial charge in [-0.25, -0.2) is 0 Å². The number of phenols is 2. The Kier molecular flexibility index (Phi) is 5.96. The van der Waals surface area contributed by atoms with Crippen molar-refractivity contribution in [1.82, 2.24) is 0 Å². The number of rotatable bonds is 5. The Balaban J connectivity index is 1.91. The molecule has 0 atom stereocenters. The van der Waals surface area contributed by atoms with Gasteiger partial charge in [0.05, 0.1) is 0 Å². The van der Waals surface area contributed by atoms with Gasteiger partial charge in [0, 0.05) is 5.56 Å². The average molecular weight is 441 g/mol. The molecule has 0 fully saturated rings. The van der Waals surface area contributed by atoms with Crippen LogP contribution in [0.3, 0.4) is 0 Å². The highest BCUT2D eigenvalue weighted by atomic mass is 16.3. The summed E-state index contributed by atoms with van der Waals surface area (Å²) in [6.07, 6.45) is 0. The van der Waals surface area contributed by atoms with Crippen LogP contribution >= 0.6 is 0 Å². The van der Waals surface area contributed by atoms with Crippen LogP contribution in [-0.2, 0) is 0 Å². The summed E-state index contributed by atoms with van der Waals surface area (Å²) in [7, 11) is 0. The van der Waals surface area contributed by atoms with Crippen LogP contribution < -0.4 is 0 Å². The monoisotopic (exact) mass is 440 g/mol. The summed E-state index contributed by atoms with van der Waals surface area (Å²) < 4.78 is 0. The number of hydrogen-bond donors (Lipinski definition) is 2. The van der Waals surface area contributed by atoms with Gasteiger partial charge in [0.25, 0.3) is 0 Å². The fourth-order valence-corrected chi connectivity index (χ4v) is 4.39. The molecule has 0 aliphatic carbocycles. The first-order valence-electron chi connectivity index (χ1n) is 11.3. The molecule has 0 aliphatic heterocycles. The second-order valence-electron chi connectivity index (χ2n) is 8.07. The number of aromatic hydroxyl groups is 2. The summed E-state index contributed by atoms with van der Waals surface area (Å²) in [5, 5.41) is 20.9. The summed E-state index contributed by atoms with van der Waals surface area (Å²) in [6, 6.07) is 44.2. The number of hydrogen-bond acceptors (Lipinski definition) is 2. The third kappa shape index (κ3) is 4.10. The van der Waals surface area contributed by atoms with E-state index in [0.717, 1.165) is 39.0 Å². The largest absolute Gasteiger partial charge is 0.504 e. The van der Waals surface area contributed by atoms with E-state index >= 15 is 0 Å². The van der Waals surface area contributed by atoms with E-state index in [0.29, 0.717) is 5.56 Å². The van der Waals surface area contributed by atoms with Crippen molar-refractivity contribution in [2.45, 2.75) is 0 Å². The zero-order chi connectivity index (χ0) is 23.3. The molecule has 5 aromatic carbocycles. The second kappa shape index (κ2) is 9.51. The maximum Gasteiger partial charge on any atom is 0.165 e. The summed E-state index contributed by atoms with van der Waals surface area (Å²) in [5.74, 6) is -0.257. The van der Waals surface area contributed by atoms with Crippen LogP contribution in [0, 0.1) is 0 Å². The topological polar surface area (TPSA) is 40.5 Å². The van der Waals surface area contributed by atoms with Crippen molar-refractivity contribution >= 4 is 11.1 Å². The molecule has 0 aromatic heterocycles. The molecular weight excluding hydrogens is 416 g/mol. The van der Waals surface area contributed by atoms with Crippen molar-refractivity contribution in [3.63, 3.8) is 0 Å². The van der Waals surface area contributed by atoms with Crippen molar-refractivity contribution in [1.29, 1.82) is 0 Å². The van der Waals surface area contributed by atoms with E-state index in [1.54, 1.807) is 6.07 Å². The molecule has 0 unspecified atom stereocenters. The summed E-state index contributed by atoms with van der Waals surface area (Å²) in [4.78, 5) is 0. The third-order valence-corrected chi connectivity index (χ3v) is 5.94. The van der Waals surface area contributed by atoms with Crippen molar-refractivity contribution in [2.75, 3.05) is 0 Å². The lowest BCUT2D eigenvalue weighted by atomic mass is 9.83. The molecule has 164 valence electrons. The van der Waals surface area contributed by atoms with E-state index in [9.17, 15) is 10.2 Å². The third-order valence-electron chi connectivity index (χ3n) is 5.94. The molecule has 0 saturated heterocycles. The van der Waals surface area contributed by atoms with Crippen LogP contribution in [0.25, 0.3) is 22.3 Å². The first kappa shape index (κ1) is 21.3. The Bertz CT molecular complexity index is 1400. The first-order chi connectivity index (χ1) is 16.7. The molecule has 2 N–H and O–H groups in total. The number of phenolic OH excluding ortho intramolecular Hbond substituents is 2. The average Bonchev–Trinajstić information content (AvgIpc) is 2.90. The predicted octanol–water partition coefficient (Wildman–Crippen LogP) is 7.77. The highest BCUT2D eigenvalue weighted by Gasteiger charge is 2.20. The van der Waals surface area contributed by atoms with Crippen LogP contribution in [0.5, 0.6) is 11.5 Å². The smallest absolute Gasteiger partial charge is 0.165 e. The van der Waals surface area contributed by atoms with E-state index in [1.807, 2.05) is 78.9 Å². The van der Waals surface area contributed by atoms with E-state index in [4.69, 9.17) is 0 Å². The van der Waals surface area contributed by atoms with Crippen molar-refractivity contribution in [3.8, 4) is 22.6 Å². The Morgan fingerprint density at radius 1 is 0.382 bits per heavy atom. The fourth-order valence-electron chi connectivity index (χ4n) is 4.39. The molecular formula is C32H24O2. The van der Waals surface area contributed by atoms with Gasteiger partial charge in [-0.05, 0) is 45.0 Å². The molecule has 2 nitrogen and oxygen atoms in total. The molecule has 0 radical (unpaired) electrons. The SMILES string of the molecule is Oc1cccc(-c2ccccc2C(=C(c2ccccc2)c2ccccc2)c2ccccc2)c1O. The van der Waals surface area contributed by atoms with E-state index in [-0.39, 0.29) is 11.5 Å². The highest BCUT2D eigenvalue weighted by molar-refractivity contribution is 6.07. The van der Waals surface area contributed by atoms with Gasteiger partial charge in [-0.15, -0.1) is 0 Å². The van der Waals surface area contributed by atoms with Crippen LogP contribution in [0.2, 0.25) is 0 Å². The molecule has 0 bridgehead atoms. The normalized spacial score (nSPS) is 10.6. The Morgan fingerprint density at radius 3 is 1.38 bits per heavy atom. The maximum atomic E-state index is 10.7. The summed E-state index contributed by atoms with van der Waals surface area (Å²) in [5.41, 5.74) is 7.82. The summed E-state index contributed by atoms with van der Waals surface area (Å²) in [6.45, 7) is 0. The van der Waals surface area contributed by atoms with Gasteiger partial charge < -0.3 is 10.2 Å². The van der Waals surface area contributed by atoms with Crippen molar-refractivity contribution < 1.29 is 10.2 Å². The molecule has 5 aromatic rings. The van der Waals surface area contributed by atoms with Crippen LogP contribution in [0.15, 0.2) is 133 Å². The Labute approximate surface area is 199 Å². The van der Waals surface area contributed by atoms with Gasteiger partial charge in [0.1, 0.15) is 0 Å². The molecule has 0 spiro atoms. The Hall–Kier alpha value is -4.56. The molecule has 2 heteroatoms. The van der Waals surface area contributed by atoms with Crippen LogP contribution in [0.1, 0.15) is 22.3 Å². The quantitative estimate of drug-likeness (QED) is 0.216. The second-order valence-corrected chi connectivity index (χ2v) is 8.07. The zero-order valence-electron chi connectivity index (χ0n) is 18.6. The van der Waals surface area contributed by atoms with E-state index < -0.39 is 0 Å². The van der Waals surface area contributed by atoms with Gasteiger partial charge in [0.2, 0.25) is 0 Å². The molecule has 5 rings (SSSR count). The zero-order valence-corrected chi connectivity index (χ0v) is 18.6. The van der Waals surface area contributed by atoms with Crippen molar-refractivity contribution in [2.24, 2.45) is 0 Å². The lowest BCUT2D eigenvalue weighted by Crippen LogP contribution is -1.99. The van der Waals surface area contributed by atoms with Gasteiger partial charge in [-0.3, -0.25) is 0 Å². The van der Waals surface area contributed by atoms with Crippen molar-refractivity contribution in [3.05, 3.63) is 156 Å². The molecule has 0 amide bonds. The summed E-state index contributed by atoms with van der Waals surface area (Å²) >= 11 is 0. The lowest BCUT2D eigenvalue weighted by Gasteiger charge is -2.21. The van der Waals surface area contributed by atoms with Gasteiger partial charge in [-0.1, -0.05) is 127 Å². The van der Waals surface area contributed by atoms with Gasteiger partial charge in [-0.2, -0.15) is 0 Å². The Morgan fingerprint density at radius 2 is 0.824 bits per heavy atom. The number of benzene rings is 5. The minimum absolute atomic E-state index is 0.122. The predicted molar refractivity (Wildman–Crippen MR) is 140 cm³/mol. The highest BCUT2D eigenvalue weighted by Crippen LogP contribution is 2.44. The number of para-hydroxylation sites is 1.